The fourth-order valence-electron chi connectivity index (χ4n) is 5.31. The van der Waals surface area contributed by atoms with Gasteiger partial charge in [0.05, 0.1) is 41.4 Å². The van der Waals surface area contributed by atoms with Crippen LogP contribution in [0.3, 0.4) is 0 Å². The second-order valence-corrected chi connectivity index (χ2v) is 11.5. The van der Waals surface area contributed by atoms with Crippen LogP contribution in [-0.4, -0.2) is 77.0 Å². The minimum absolute atomic E-state index is 0.0767. The van der Waals surface area contributed by atoms with Crippen molar-refractivity contribution in [2.24, 2.45) is 5.92 Å². The first-order valence-electron chi connectivity index (χ1n) is 14.6. The summed E-state index contributed by atoms with van der Waals surface area (Å²) < 4.78 is 17.3. The lowest BCUT2D eigenvalue weighted by atomic mass is 9.88. The first-order chi connectivity index (χ1) is 20.3. The zero-order valence-corrected chi connectivity index (χ0v) is 25.7. The standard InChI is InChI=1S/C31H43ClN6O4/c1-5-41-29-15-26-24(14-27(29)37-30(39)7-6-12-38(2)3)31(20(16-33)17-35-26)36-21-9-11-28(25(32)13-21)42-19-22-8-10-23(40-4)18-34-22/h9,11,13-15,20,22-23,31,34-36H,5-8,10,12,17-19H2,1-4H3,(H,37,39). The molecule has 2 aromatic carbocycles. The van der Waals surface area contributed by atoms with Crippen molar-refractivity contribution in [2.75, 3.05) is 70.0 Å². The summed E-state index contributed by atoms with van der Waals surface area (Å²) in [6.45, 7) is 5.00. The van der Waals surface area contributed by atoms with Gasteiger partial charge in [-0.25, -0.2) is 0 Å². The number of fused-ring (bicyclic) bond motifs is 1. The van der Waals surface area contributed by atoms with Gasteiger partial charge in [-0.1, -0.05) is 11.6 Å². The van der Waals surface area contributed by atoms with Crippen LogP contribution in [0.2, 0.25) is 5.02 Å². The highest BCUT2D eigenvalue weighted by Crippen LogP contribution is 2.42. The molecule has 10 nitrogen and oxygen atoms in total. The van der Waals surface area contributed by atoms with Gasteiger partial charge in [-0.15, -0.1) is 0 Å². The van der Waals surface area contributed by atoms with Crippen molar-refractivity contribution in [3.63, 3.8) is 0 Å². The monoisotopic (exact) mass is 598 g/mol. The molecule has 4 atom stereocenters. The van der Waals surface area contributed by atoms with Crippen LogP contribution in [0, 0.1) is 17.2 Å². The van der Waals surface area contributed by atoms with E-state index in [-0.39, 0.29) is 30.0 Å². The molecule has 0 radical (unpaired) electrons. The van der Waals surface area contributed by atoms with Crippen LogP contribution in [-0.2, 0) is 9.53 Å². The van der Waals surface area contributed by atoms with Gasteiger partial charge in [-0.3, -0.25) is 4.79 Å². The van der Waals surface area contributed by atoms with Crippen molar-refractivity contribution < 1.29 is 19.0 Å². The van der Waals surface area contributed by atoms with E-state index in [1.54, 1.807) is 7.11 Å². The smallest absolute Gasteiger partial charge is 0.224 e. The lowest BCUT2D eigenvalue weighted by Crippen LogP contribution is -2.45. The zero-order chi connectivity index (χ0) is 30.1. The highest BCUT2D eigenvalue weighted by atomic mass is 35.5. The Bertz CT molecular complexity index is 1240. The third kappa shape index (κ3) is 8.42. The van der Waals surface area contributed by atoms with Crippen LogP contribution >= 0.6 is 11.6 Å². The summed E-state index contributed by atoms with van der Waals surface area (Å²) in [5.74, 6) is 0.768. The van der Waals surface area contributed by atoms with Crippen LogP contribution < -0.4 is 30.7 Å². The Morgan fingerprint density at radius 1 is 1.17 bits per heavy atom. The molecule has 42 heavy (non-hydrogen) atoms. The lowest BCUT2D eigenvalue weighted by Gasteiger charge is -2.33. The fourth-order valence-corrected chi connectivity index (χ4v) is 5.55. The van der Waals surface area contributed by atoms with E-state index in [2.05, 4.69) is 32.2 Å². The quantitative estimate of drug-likeness (QED) is 0.256. The number of methoxy groups -OCH3 is 1. The van der Waals surface area contributed by atoms with Gasteiger partial charge < -0.3 is 40.4 Å². The molecule has 2 aliphatic heterocycles. The van der Waals surface area contributed by atoms with Crippen molar-refractivity contribution in [2.45, 2.75) is 50.8 Å². The average molecular weight is 599 g/mol. The van der Waals surface area contributed by atoms with Crippen molar-refractivity contribution in [3.8, 4) is 17.6 Å². The maximum absolute atomic E-state index is 12.8. The van der Waals surface area contributed by atoms with E-state index >= 15 is 0 Å². The van der Waals surface area contributed by atoms with Crippen molar-refractivity contribution in [3.05, 3.63) is 40.9 Å². The number of halogens is 1. The molecule has 2 aliphatic rings. The number of carbonyl (C=O) groups is 1. The van der Waals surface area contributed by atoms with Crippen LogP contribution in [0.5, 0.6) is 11.5 Å². The van der Waals surface area contributed by atoms with Gasteiger partial charge in [0.1, 0.15) is 18.1 Å². The minimum Gasteiger partial charge on any atom is -0.492 e. The van der Waals surface area contributed by atoms with Crippen molar-refractivity contribution >= 4 is 34.6 Å². The second kappa shape index (κ2) is 15.3. The average Bonchev–Trinajstić information content (AvgIpc) is 2.97. The predicted octanol–water partition coefficient (Wildman–Crippen LogP) is 4.88. The number of nitrogens with one attached hydrogen (secondary N) is 4. The minimum atomic E-state index is -0.359. The van der Waals surface area contributed by atoms with Crippen molar-refractivity contribution in [1.29, 1.82) is 5.26 Å². The number of benzene rings is 2. The fraction of sp³-hybridized carbons (Fsp3) is 0.548. The van der Waals surface area contributed by atoms with Gasteiger partial charge in [0.15, 0.2) is 0 Å². The van der Waals surface area contributed by atoms with E-state index in [0.29, 0.717) is 48.4 Å². The predicted molar refractivity (Wildman–Crippen MR) is 167 cm³/mol. The molecule has 4 N–H and O–H groups in total. The SMILES string of the molecule is CCOc1cc2c(cc1NC(=O)CCCN(C)C)C(Nc1ccc(OCC3CCC(OC)CN3)c(Cl)c1)C(C#N)CN2. The van der Waals surface area contributed by atoms with Crippen LogP contribution in [0.1, 0.15) is 44.2 Å². The molecule has 1 fully saturated rings. The summed E-state index contributed by atoms with van der Waals surface area (Å²) in [5, 5.41) is 23.9. The van der Waals surface area contributed by atoms with Crippen LogP contribution in [0.25, 0.3) is 0 Å². The first kappa shape index (κ1) is 31.7. The molecule has 1 saturated heterocycles. The summed E-state index contributed by atoms with van der Waals surface area (Å²) in [6.07, 6.45) is 3.38. The largest absolute Gasteiger partial charge is 0.492 e. The second-order valence-electron chi connectivity index (χ2n) is 11.1. The Labute approximate surface area is 254 Å². The van der Waals surface area contributed by atoms with E-state index in [9.17, 15) is 10.1 Å². The number of anilines is 3. The number of piperidine rings is 1. The summed E-state index contributed by atoms with van der Waals surface area (Å²) >= 11 is 6.63. The molecule has 228 valence electrons. The highest BCUT2D eigenvalue weighted by molar-refractivity contribution is 6.32. The number of nitriles is 1. The molecular weight excluding hydrogens is 556 g/mol. The number of hydrogen-bond donors (Lipinski definition) is 4. The van der Waals surface area contributed by atoms with Gasteiger partial charge in [0.2, 0.25) is 5.91 Å². The highest BCUT2D eigenvalue weighted by Gasteiger charge is 2.31. The van der Waals surface area contributed by atoms with E-state index in [0.717, 1.165) is 49.3 Å². The Hall–Kier alpha value is -3.23. The van der Waals surface area contributed by atoms with Crippen LogP contribution in [0.4, 0.5) is 17.1 Å². The van der Waals surface area contributed by atoms with Crippen LogP contribution in [0.15, 0.2) is 30.3 Å². The number of carbonyl (C=O) groups excluding carboxylic acids is 1. The molecule has 2 aromatic rings. The van der Waals surface area contributed by atoms with Gasteiger partial charge in [0, 0.05) is 55.7 Å². The third-order valence-corrected chi connectivity index (χ3v) is 7.94. The Morgan fingerprint density at radius 3 is 2.67 bits per heavy atom. The van der Waals surface area contributed by atoms with Gasteiger partial charge in [-0.05, 0) is 71.1 Å². The molecular formula is C31H43ClN6O4. The van der Waals surface area contributed by atoms with E-state index < -0.39 is 0 Å². The maximum atomic E-state index is 12.8. The van der Waals surface area contributed by atoms with E-state index in [4.69, 9.17) is 25.8 Å². The van der Waals surface area contributed by atoms with Crippen molar-refractivity contribution in [1.82, 2.24) is 10.2 Å². The summed E-state index contributed by atoms with van der Waals surface area (Å²) in [4.78, 5) is 14.8. The first-order valence-corrected chi connectivity index (χ1v) is 15.0. The zero-order valence-electron chi connectivity index (χ0n) is 25.0. The molecule has 4 unspecified atom stereocenters. The molecule has 1 amide bonds. The van der Waals surface area contributed by atoms with Gasteiger partial charge in [0.25, 0.3) is 0 Å². The number of ether oxygens (including phenoxy) is 3. The number of rotatable bonds is 13. The molecule has 0 aromatic heterocycles. The molecule has 4 rings (SSSR count). The lowest BCUT2D eigenvalue weighted by molar-refractivity contribution is -0.116. The molecule has 0 aliphatic carbocycles. The summed E-state index contributed by atoms with van der Waals surface area (Å²) in [5.41, 5.74) is 3.09. The summed E-state index contributed by atoms with van der Waals surface area (Å²) in [7, 11) is 5.71. The number of nitrogens with zero attached hydrogens (tertiary/aromatic N) is 2. The molecule has 2 heterocycles. The molecule has 0 bridgehead atoms. The van der Waals surface area contributed by atoms with Gasteiger partial charge in [-0.2, -0.15) is 5.26 Å². The summed E-state index contributed by atoms with van der Waals surface area (Å²) in [6, 6.07) is 11.7. The Balaban J connectivity index is 1.49. The van der Waals surface area contributed by atoms with Gasteiger partial charge >= 0.3 is 0 Å². The molecule has 0 spiro atoms. The molecule has 11 heteroatoms. The topological polar surface area (TPSA) is 120 Å². The van der Waals surface area contributed by atoms with E-state index in [1.165, 1.54) is 0 Å². The third-order valence-electron chi connectivity index (χ3n) is 7.65. The normalized spacial score (nSPS) is 21.5. The Kier molecular flexibility index (Phi) is 11.5. The Morgan fingerprint density at radius 2 is 2.00 bits per heavy atom. The number of hydrogen-bond acceptors (Lipinski definition) is 9. The number of amides is 1. The maximum Gasteiger partial charge on any atom is 0.224 e. The molecule has 0 saturated carbocycles. The van der Waals surface area contributed by atoms with E-state index in [1.807, 2.05) is 51.4 Å².